The quantitative estimate of drug-likeness (QED) is 0.882. The van der Waals surface area contributed by atoms with Gasteiger partial charge in [0.2, 0.25) is 0 Å². The molecule has 0 aliphatic rings. The third kappa shape index (κ3) is 3.21. The van der Waals surface area contributed by atoms with E-state index in [4.69, 9.17) is 4.42 Å². The van der Waals surface area contributed by atoms with E-state index in [1.807, 2.05) is 6.26 Å². The van der Waals surface area contributed by atoms with Gasteiger partial charge in [-0.1, -0.05) is 15.9 Å². The van der Waals surface area contributed by atoms with Crippen molar-refractivity contribution in [1.82, 2.24) is 5.32 Å². The molecular formula is C16H22BrNO. The van der Waals surface area contributed by atoms with E-state index in [-0.39, 0.29) is 5.54 Å². The number of aryl methyl sites for hydroxylation is 2. The van der Waals surface area contributed by atoms with Gasteiger partial charge in [-0.3, -0.25) is 0 Å². The molecule has 19 heavy (non-hydrogen) atoms. The molecule has 0 aliphatic heterocycles. The van der Waals surface area contributed by atoms with E-state index in [1.165, 1.54) is 26.5 Å². The first kappa shape index (κ1) is 14.6. The van der Waals surface area contributed by atoms with Crippen molar-refractivity contribution in [3.63, 3.8) is 0 Å². The van der Waals surface area contributed by atoms with Gasteiger partial charge in [-0.25, -0.2) is 0 Å². The molecule has 0 amide bonds. The van der Waals surface area contributed by atoms with Crippen molar-refractivity contribution in [2.24, 2.45) is 0 Å². The molecule has 1 aromatic carbocycles. The van der Waals surface area contributed by atoms with Crippen LogP contribution in [0.1, 0.15) is 37.5 Å². The summed E-state index contributed by atoms with van der Waals surface area (Å²) in [6, 6.07) is 2.10. The molecule has 2 nitrogen and oxygen atoms in total. The van der Waals surface area contributed by atoms with Gasteiger partial charge in [0, 0.05) is 15.4 Å². The van der Waals surface area contributed by atoms with Crippen LogP contribution in [0.15, 0.2) is 21.2 Å². The van der Waals surface area contributed by atoms with E-state index in [0.717, 1.165) is 18.5 Å². The van der Waals surface area contributed by atoms with Gasteiger partial charge in [0.15, 0.2) is 0 Å². The zero-order valence-electron chi connectivity index (χ0n) is 12.4. The smallest absolute Gasteiger partial charge is 0.134 e. The van der Waals surface area contributed by atoms with E-state index in [1.54, 1.807) is 0 Å². The highest BCUT2D eigenvalue weighted by Crippen LogP contribution is 2.32. The van der Waals surface area contributed by atoms with Crippen molar-refractivity contribution < 1.29 is 4.42 Å². The molecular weight excluding hydrogens is 302 g/mol. The fourth-order valence-corrected chi connectivity index (χ4v) is 2.68. The molecule has 1 N–H and O–H groups in total. The summed E-state index contributed by atoms with van der Waals surface area (Å²) in [5.41, 5.74) is 4.92. The number of hydrogen-bond acceptors (Lipinski definition) is 2. The Bertz CT molecular complexity index is 593. The average Bonchev–Trinajstić information content (AvgIpc) is 2.68. The topological polar surface area (TPSA) is 25.2 Å². The number of hydrogen-bond donors (Lipinski definition) is 1. The standard InChI is InChI=1S/C16H22BrNO/c1-10-8-13-14(11(2)15(10)17)12(9-19-13)6-7-18-16(3,4)5/h8-9,18H,6-7H2,1-5H3. The number of nitrogens with one attached hydrogen (secondary N) is 1. The summed E-state index contributed by atoms with van der Waals surface area (Å²) in [6.45, 7) is 11.8. The van der Waals surface area contributed by atoms with Crippen LogP contribution in [0.5, 0.6) is 0 Å². The summed E-state index contributed by atoms with van der Waals surface area (Å²) < 4.78 is 6.89. The molecule has 1 heterocycles. The van der Waals surface area contributed by atoms with Crippen LogP contribution in [0.3, 0.4) is 0 Å². The van der Waals surface area contributed by atoms with Crippen molar-refractivity contribution in [3.8, 4) is 0 Å². The predicted molar refractivity (Wildman–Crippen MR) is 84.8 cm³/mol. The van der Waals surface area contributed by atoms with Crippen molar-refractivity contribution in [2.45, 2.75) is 46.6 Å². The first-order valence-corrected chi connectivity index (χ1v) is 7.49. The Hall–Kier alpha value is -0.800. The fourth-order valence-electron chi connectivity index (χ4n) is 2.36. The molecule has 0 fully saturated rings. The number of furan rings is 1. The Balaban J connectivity index is 2.28. The minimum Gasteiger partial charge on any atom is -0.464 e. The van der Waals surface area contributed by atoms with E-state index in [9.17, 15) is 0 Å². The van der Waals surface area contributed by atoms with Gasteiger partial charge in [0.25, 0.3) is 0 Å². The average molecular weight is 324 g/mol. The Kier molecular flexibility index (Phi) is 4.07. The van der Waals surface area contributed by atoms with Crippen LogP contribution in [0.4, 0.5) is 0 Å². The summed E-state index contributed by atoms with van der Waals surface area (Å²) in [5.74, 6) is 0. The zero-order valence-corrected chi connectivity index (χ0v) is 13.9. The predicted octanol–water partition coefficient (Wildman–Crippen LogP) is 4.74. The van der Waals surface area contributed by atoms with Gasteiger partial charge >= 0.3 is 0 Å². The Morgan fingerprint density at radius 3 is 2.58 bits per heavy atom. The number of fused-ring (bicyclic) bond motifs is 1. The van der Waals surface area contributed by atoms with Crippen LogP contribution in [0, 0.1) is 13.8 Å². The lowest BCUT2D eigenvalue weighted by Gasteiger charge is -2.20. The SMILES string of the molecule is Cc1cc2occ(CCNC(C)(C)C)c2c(C)c1Br. The monoisotopic (exact) mass is 323 g/mol. The van der Waals surface area contributed by atoms with Crippen LogP contribution >= 0.6 is 15.9 Å². The van der Waals surface area contributed by atoms with Gasteiger partial charge in [-0.2, -0.15) is 0 Å². The summed E-state index contributed by atoms with van der Waals surface area (Å²) in [6.07, 6.45) is 2.88. The van der Waals surface area contributed by atoms with Gasteiger partial charge < -0.3 is 9.73 Å². The van der Waals surface area contributed by atoms with E-state index in [2.05, 4.69) is 61.9 Å². The van der Waals surface area contributed by atoms with Gasteiger partial charge in [0.1, 0.15) is 5.58 Å². The first-order valence-electron chi connectivity index (χ1n) is 6.70. The normalized spacial score (nSPS) is 12.3. The van der Waals surface area contributed by atoms with Gasteiger partial charge in [-0.05, 0) is 70.3 Å². The molecule has 0 saturated heterocycles. The summed E-state index contributed by atoms with van der Waals surface area (Å²) in [7, 11) is 0. The third-order valence-corrected chi connectivity index (χ3v) is 4.56. The highest BCUT2D eigenvalue weighted by atomic mass is 79.9. The Morgan fingerprint density at radius 1 is 1.26 bits per heavy atom. The molecule has 2 rings (SSSR count). The van der Waals surface area contributed by atoms with Crippen molar-refractivity contribution >= 4 is 26.9 Å². The van der Waals surface area contributed by atoms with Crippen molar-refractivity contribution in [2.75, 3.05) is 6.54 Å². The second kappa shape index (κ2) is 5.29. The maximum atomic E-state index is 5.70. The Morgan fingerprint density at radius 2 is 1.95 bits per heavy atom. The van der Waals surface area contributed by atoms with Gasteiger partial charge in [0.05, 0.1) is 6.26 Å². The van der Waals surface area contributed by atoms with Gasteiger partial charge in [-0.15, -0.1) is 0 Å². The maximum Gasteiger partial charge on any atom is 0.134 e. The first-order chi connectivity index (χ1) is 8.79. The molecule has 0 unspecified atom stereocenters. The zero-order chi connectivity index (χ0) is 14.2. The lowest BCUT2D eigenvalue weighted by Crippen LogP contribution is -2.37. The van der Waals surface area contributed by atoms with Crippen molar-refractivity contribution in [1.29, 1.82) is 0 Å². The second-order valence-corrected chi connectivity index (χ2v) is 6.99. The highest BCUT2D eigenvalue weighted by Gasteiger charge is 2.14. The molecule has 0 spiro atoms. The largest absolute Gasteiger partial charge is 0.464 e. The maximum absolute atomic E-state index is 5.70. The lowest BCUT2D eigenvalue weighted by atomic mass is 10.0. The van der Waals surface area contributed by atoms with Crippen LogP contribution < -0.4 is 5.32 Å². The summed E-state index contributed by atoms with van der Waals surface area (Å²) in [5, 5.41) is 4.77. The Labute approximate surface area is 123 Å². The highest BCUT2D eigenvalue weighted by molar-refractivity contribution is 9.10. The third-order valence-electron chi connectivity index (χ3n) is 3.34. The second-order valence-electron chi connectivity index (χ2n) is 6.19. The molecule has 104 valence electrons. The molecule has 2 aromatic rings. The summed E-state index contributed by atoms with van der Waals surface area (Å²) >= 11 is 3.66. The number of rotatable bonds is 3. The van der Waals surface area contributed by atoms with E-state index < -0.39 is 0 Å². The van der Waals surface area contributed by atoms with Crippen molar-refractivity contribution in [3.05, 3.63) is 33.5 Å². The minimum absolute atomic E-state index is 0.158. The molecule has 0 atom stereocenters. The summed E-state index contributed by atoms with van der Waals surface area (Å²) in [4.78, 5) is 0. The molecule has 3 heteroatoms. The number of halogens is 1. The van der Waals surface area contributed by atoms with Crippen LogP contribution in [-0.2, 0) is 6.42 Å². The number of benzene rings is 1. The molecule has 0 aliphatic carbocycles. The van der Waals surface area contributed by atoms with E-state index in [0.29, 0.717) is 0 Å². The van der Waals surface area contributed by atoms with Crippen LogP contribution in [0.25, 0.3) is 11.0 Å². The van der Waals surface area contributed by atoms with Crippen LogP contribution in [0.2, 0.25) is 0 Å². The van der Waals surface area contributed by atoms with E-state index >= 15 is 0 Å². The molecule has 0 bridgehead atoms. The molecule has 0 radical (unpaired) electrons. The van der Waals surface area contributed by atoms with Crippen LogP contribution in [-0.4, -0.2) is 12.1 Å². The lowest BCUT2D eigenvalue weighted by molar-refractivity contribution is 0.429. The molecule has 0 saturated carbocycles. The molecule has 1 aromatic heterocycles. The minimum atomic E-state index is 0.158. The fraction of sp³-hybridized carbons (Fsp3) is 0.500.